The highest BCUT2D eigenvalue weighted by Gasteiger charge is 2.15. The molecule has 1 heterocycles. The number of halogens is 2. The Balaban J connectivity index is 2.17. The molecule has 18 heavy (non-hydrogen) atoms. The number of aromatic nitrogens is 3. The number of aryl methyl sites for hydroxylation is 1. The Morgan fingerprint density at radius 1 is 1.28 bits per heavy atom. The highest BCUT2D eigenvalue weighted by atomic mass is 19.3. The number of alkyl halides is 2. The summed E-state index contributed by atoms with van der Waals surface area (Å²) in [6.45, 7) is -2.86. The molecule has 1 aromatic heterocycles. The van der Waals surface area contributed by atoms with Crippen molar-refractivity contribution in [2.24, 2.45) is 7.05 Å². The number of aliphatic hydroxyl groups is 1. The minimum absolute atomic E-state index is 0.0407. The average molecular weight is 255 g/mol. The summed E-state index contributed by atoms with van der Waals surface area (Å²) in [5.41, 5.74) is 0.521. The quantitative estimate of drug-likeness (QED) is 0.899. The molecule has 0 fully saturated rings. The summed E-state index contributed by atoms with van der Waals surface area (Å²) in [6.07, 6.45) is 0.366. The number of ether oxygens (including phenoxy) is 1. The smallest absolute Gasteiger partial charge is 0.387 e. The van der Waals surface area contributed by atoms with Gasteiger partial charge >= 0.3 is 6.61 Å². The van der Waals surface area contributed by atoms with E-state index >= 15 is 0 Å². The molecule has 0 aliphatic heterocycles. The molecule has 5 nitrogen and oxygen atoms in total. The maximum absolute atomic E-state index is 12.0. The van der Waals surface area contributed by atoms with Crippen LogP contribution in [-0.4, -0.2) is 26.5 Å². The van der Waals surface area contributed by atoms with Gasteiger partial charge in [0, 0.05) is 7.05 Å². The summed E-state index contributed by atoms with van der Waals surface area (Å²) >= 11 is 0. The van der Waals surface area contributed by atoms with Gasteiger partial charge in [0.15, 0.2) is 5.82 Å². The van der Waals surface area contributed by atoms with E-state index in [-0.39, 0.29) is 5.75 Å². The van der Waals surface area contributed by atoms with Crippen LogP contribution in [0.15, 0.2) is 30.6 Å². The van der Waals surface area contributed by atoms with E-state index in [1.165, 1.54) is 35.3 Å². The van der Waals surface area contributed by atoms with E-state index in [1.807, 2.05) is 0 Å². The largest absolute Gasteiger partial charge is 0.435 e. The molecule has 0 radical (unpaired) electrons. The van der Waals surface area contributed by atoms with Gasteiger partial charge < -0.3 is 9.84 Å². The van der Waals surface area contributed by atoms with Gasteiger partial charge in [0.05, 0.1) is 0 Å². The van der Waals surface area contributed by atoms with Crippen molar-refractivity contribution in [3.8, 4) is 5.75 Å². The predicted octanol–water partition coefficient (Wildman–Crippen LogP) is 1.50. The molecule has 1 N–H and O–H groups in total. The fourth-order valence-electron chi connectivity index (χ4n) is 1.53. The van der Waals surface area contributed by atoms with E-state index in [4.69, 9.17) is 0 Å². The predicted molar refractivity (Wildman–Crippen MR) is 58.1 cm³/mol. The lowest BCUT2D eigenvalue weighted by Gasteiger charge is -2.11. The molecule has 1 aromatic carbocycles. The first kappa shape index (κ1) is 12.4. The minimum Gasteiger partial charge on any atom is -0.435 e. The molecule has 0 bridgehead atoms. The Kier molecular flexibility index (Phi) is 3.52. The molecule has 96 valence electrons. The van der Waals surface area contributed by atoms with Crippen molar-refractivity contribution in [2.75, 3.05) is 0 Å². The van der Waals surface area contributed by atoms with Gasteiger partial charge in [-0.2, -0.15) is 13.9 Å². The molecule has 0 amide bonds. The van der Waals surface area contributed by atoms with E-state index in [1.54, 1.807) is 7.05 Å². The summed E-state index contributed by atoms with van der Waals surface area (Å²) in [4.78, 5) is 3.91. The van der Waals surface area contributed by atoms with Gasteiger partial charge in [0.25, 0.3) is 0 Å². The molecular weight excluding hydrogens is 244 g/mol. The zero-order chi connectivity index (χ0) is 13.1. The summed E-state index contributed by atoms with van der Waals surface area (Å²) < 4.78 is 29.6. The van der Waals surface area contributed by atoms with E-state index < -0.39 is 12.7 Å². The van der Waals surface area contributed by atoms with Crippen LogP contribution >= 0.6 is 0 Å². The molecule has 1 atom stereocenters. The Morgan fingerprint density at radius 2 is 1.94 bits per heavy atom. The second-order valence-corrected chi connectivity index (χ2v) is 3.59. The maximum atomic E-state index is 12.0. The second kappa shape index (κ2) is 5.09. The molecule has 2 rings (SSSR count). The summed E-state index contributed by atoms with van der Waals surface area (Å²) in [6, 6.07) is 5.72. The highest BCUT2D eigenvalue weighted by molar-refractivity contribution is 5.30. The summed E-state index contributed by atoms with van der Waals surface area (Å²) in [7, 11) is 1.65. The lowest BCUT2D eigenvalue weighted by atomic mass is 10.1. The number of benzene rings is 1. The fourth-order valence-corrected chi connectivity index (χ4v) is 1.53. The van der Waals surface area contributed by atoms with Crippen molar-refractivity contribution in [3.63, 3.8) is 0 Å². The Morgan fingerprint density at radius 3 is 2.44 bits per heavy atom. The van der Waals surface area contributed by atoms with Crippen LogP contribution in [0, 0.1) is 0 Å². The van der Waals surface area contributed by atoms with Gasteiger partial charge in [0.2, 0.25) is 0 Å². The van der Waals surface area contributed by atoms with Crippen molar-refractivity contribution in [1.29, 1.82) is 0 Å². The van der Waals surface area contributed by atoms with Crippen molar-refractivity contribution in [1.82, 2.24) is 14.8 Å². The van der Waals surface area contributed by atoms with Crippen LogP contribution in [0.1, 0.15) is 17.5 Å². The first-order chi connectivity index (χ1) is 8.58. The standard InChI is InChI=1S/C11H11F2N3O2/c1-16-10(14-6-15-16)9(17)7-2-4-8(5-3-7)18-11(12)13/h2-6,9,11,17H,1H3. The average Bonchev–Trinajstić information content (AvgIpc) is 2.75. The third-order valence-corrected chi connectivity index (χ3v) is 2.41. The summed E-state index contributed by atoms with van der Waals surface area (Å²) in [5, 5.41) is 13.9. The van der Waals surface area contributed by atoms with Crippen LogP contribution in [-0.2, 0) is 7.05 Å². The Bertz CT molecular complexity index is 513. The molecule has 0 aliphatic carbocycles. The SMILES string of the molecule is Cn1ncnc1C(O)c1ccc(OC(F)F)cc1. The lowest BCUT2D eigenvalue weighted by Crippen LogP contribution is -2.08. The zero-order valence-corrected chi connectivity index (χ0v) is 9.49. The second-order valence-electron chi connectivity index (χ2n) is 3.59. The molecule has 0 spiro atoms. The van der Waals surface area contributed by atoms with Gasteiger partial charge in [-0.25, -0.2) is 4.98 Å². The van der Waals surface area contributed by atoms with Crippen molar-refractivity contribution in [3.05, 3.63) is 42.0 Å². The van der Waals surface area contributed by atoms with Gasteiger partial charge in [-0.3, -0.25) is 4.68 Å². The van der Waals surface area contributed by atoms with Crippen LogP contribution in [0.4, 0.5) is 8.78 Å². The van der Waals surface area contributed by atoms with Gasteiger partial charge in [-0.15, -0.1) is 0 Å². The molecule has 0 aliphatic rings. The summed E-state index contributed by atoms with van der Waals surface area (Å²) in [5.74, 6) is 0.413. The van der Waals surface area contributed by atoms with Crippen LogP contribution in [0.2, 0.25) is 0 Å². The molecular formula is C11H11F2N3O2. The topological polar surface area (TPSA) is 60.2 Å². The highest BCUT2D eigenvalue weighted by Crippen LogP contribution is 2.22. The third-order valence-electron chi connectivity index (χ3n) is 2.41. The zero-order valence-electron chi connectivity index (χ0n) is 9.49. The monoisotopic (exact) mass is 255 g/mol. The van der Waals surface area contributed by atoms with E-state index in [0.29, 0.717) is 11.4 Å². The van der Waals surface area contributed by atoms with E-state index in [0.717, 1.165) is 0 Å². The molecule has 2 aromatic rings. The van der Waals surface area contributed by atoms with Crippen molar-refractivity contribution >= 4 is 0 Å². The Labute approximate surface area is 102 Å². The number of aliphatic hydroxyl groups excluding tert-OH is 1. The number of hydrogen-bond acceptors (Lipinski definition) is 4. The van der Waals surface area contributed by atoms with Crippen molar-refractivity contribution < 1.29 is 18.6 Å². The fraction of sp³-hybridized carbons (Fsp3) is 0.273. The maximum Gasteiger partial charge on any atom is 0.387 e. The van der Waals surface area contributed by atoms with Gasteiger partial charge in [0.1, 0.15) is 18.2 Å². The minimum atomic E-state index is -2.86. The Hall–Kier alpha value is -2.02. The van der Waals surface area contributed by atoms with E-state index in [2.05, 4.69) is 14.8 Å². The van der Waals surface area contributed by atoms with E-state index in [9.17, 15) is 13.9 Å². The number of hydrogen-bond donors (Lipinski definition) is 1. The molecule has 0 saturated heterocycles. The molecule has 7 heteroatoms. The molecule has 1 unspecified atom stereocenters. The lowest BCUT2D eigenvalue weighted by molar-refractivity contribution is -0.0498. The number of rotatable bonds is 4. The first-order valence-corrected chi connectivity index (χ1v) is 5.14. The first-order valence-electron chi connectivity index (χ1n) is 5.14. The van der Waals surface area contributed by atoms with Gasteiger partial charge in [-0.05, 0) is 17.7 Å². The third kappa shape index (κ3) is 2.62. The van der Waals surface area contributed by atoms with Gasteiger partial charge in [-0.1, -0.05) is 12.1 Å². The van der Waals surface area contributed by atoms with Crippen LogP contribution in [0.5, 0.6) is 5.75 Å². The number of nitrogens with zero attached hydrogens (tertiary/aromatic N) is 3. The normalized spacial score (nSPS) is 12.7. The molecule has 0 saturated carbocycles. The van der Waals surface area contributed by atoms with Crippen LogP contribution in [0.25, 0.3) is 0 Å². The van der Waals surface area contributed by atoms with Crippen LogP contribution in [0.3, 0.4) is 0 Å². The van der Waals surface area contributed by atoms with Crippen molar-refractivity contribution in [2.45, 2.75) is 12.7 Å². The van der Waals surface area contributed by atoms with Crippen LogP contribution < -0.4 is 4.74 Å².